The number of β-amino-alcohol motifs (C(OH)–C–C–N with tert-alkyl or cyclic N) is 1. The lowest BCUT2D eigenvalue weighted by atomic mass is 9.99. The van der Waals surface area contributed by atoms with Crippen LogP contribution in [-0.2, 0) is 0 Å². The number of aliphatic hydroxyl groups is 1. The first-order chi connectivity index (χ1) is 19.8. The molecule has 212 valence electrons. The van der Waals surface area contributed by atoms with Gasteiger partial charge in [0.25, 0.3) is 0 Å². The van der Waals surface area contributed by atoms with Gasteiger partial charge in [-0.2, -0.15) is 9.97 Å². The Hall–Kier alpha value is -4.07. The summed E-state index contributed by atoms with van der Waals surface area (Å²) < 4.78 is 37.8. The van der Waals surface area contributed by atoms with Crippen molar-refractivity contribution in [3.05, 3.63) is 47.7 Å². The number of piperidine rings is 1. The van der Waals surface area contributed by atoms with Gasteiger partial charge in [-0.05, 0) is 75.7 Å². The standard InChI is InChI=1S/C31H31F2N5O3/c1-3-7-24-26-29(27(33)28(34-24)22-15-21(40)14-18-8-4-11-23(32)25(18)22)35-31(41-17-19-9-5-12-37(19)2)36-30(26)38-13-6-10-20(39)16-38/h4,8,11,14-15,19-20,39-40H,5-6,9-10,12-13,16-17H2,1-2H3/t19-,20+/m0/s1. The molecule has 2 N–H and O–H groups in total. The molecule has 2 aliphatic heterocycles. The lowest BCUT2D eigenvalue weighted by Crippen LogP contribution is -2.39. The Morgan fingerprint density at radius 1 is 1.07 bits per heavy atom. The van der Waals surface area contributed by atoms with Crippen LogP contribution in [0.15, 0.2) is 30.3 Å². The second-order valence-electron chi connectivity index (χ2n) is 10.7. The highest BCUT2D eigenvalue weighted by atomic mass is 19.1. The number of benzene rings is 2. The van der Waals surface area contributed by atoms with E-state index in [9.17, 15) is 10.2 Å². The van der Waals surface area contributed by atoms with Crippen LogP contribution < -0.4 is 9.64 Å². The lowest BCUT2D eigenvalue weighted by Gasteiger charge is -2.32. The van der Waals surface area contributed by atoms with Gasteiger partial charge in [-0.3, -0.25) is 0 Å². The summed E-state index contributed by atoms with van der Waals surface area (Å²) >= 11 is 0. The highest BCUT2D eigenvalue weighted by Crippen LogP contribution is 2.39. The van der Waals surface area contributed by atoms with Crippen molar-refractivity contribution < 1.29 is 23.7 Å². The van der Waals surface area contributed by atoms with Gasteiger partial charge in [-0.1, -0.05) is 18.1 Å². The van der Waals surface area contributed by atoms with Crippen LogP contribution >= 0.6 is 0 Å². The van der Waals surface area contributed by atoms with E-state index in [1.165, 1.54) is 24.3 Å². The maximum atomic E-state index is 16.6. The highest BCUT2D eigenvalue weighted by molar-refractivity contribution is 6.01. The number of phenols is 1. The van der Waals surface area contributed by atoms with Crippen molar-refractivity contribution >= 4 is 27.5 Å². The first-order valence-corrected chi connectivity index (χ1v) is 13.9. The number of likely N-dealkylation sites (N-methyl/N-ethyl adjacent to an activating group) is 1. The number of hydrogen-bond donors (Lipinski definition) is 2. The van der Waals surface area contributed by atoms with Crippen LogP contribution in [0, 0.1) is 23.5 Å². The average Bonchev–Trinajstić information content (AvgIpc) is 3.37. The van der Waals surface area contributed by atoms with Crippen molar-refractivity contribution in [3.8, 4) is 34.9 Å². The number of likely N-dealkylation sites (tertiary alicyclic amines) is 1. The molecule has 2 aliphatic rings. The molecule has 41 heavy (non-hydrogen) atoms. The fourth-order valence-electron chi connectivity index (χ4n) is 5.88. The average molecular weight is 560 g/mol. The van der Waals surface area contributed by atoms with E-state index in [2.05, 4.69) is 26.7 Å². The molecular weight excluding hydrogens is 528 g/mol. The van der Waals surface area contributed by atoms with Crippen LogP contribution in [0.4, 0.5) is 14.6 Å². The van der Waals surface area contributed by atoms with Gasteiger partial charge in [-0.15, -0.1) is 0 Å². The maximum Gasteiger partial charge on any atom is 0.319 e. The molecule has 4 heterocycles. The number of halogens is 2. The van der Waals surface area contributed by atoms with E-state index in [0.29, 0.717) is 42.7 Å². The normalized spacial score (nSPS) is 19.5. The molecule has 2 atom stereocenters. The lowest BCUT2D eigenvalue weighted by molar-refractivity contribution is 0.153. The summed E-state index contributed by atoms with van der Waals surface area (Å²) in [5.41, 5.74) is 0.0376. The minimum absolute atomic E-state index is 0.00580. The van der Waals surface area contributed by atoms with Crippen molar-refractivity contribution in [1.82, 2.24) is 19.9 Å². The Labute approximate surface area is 236 Å². The molecule has 6 rings (SSSR count). The van der Waals surface area contributed by atoms with Crippen molar-refractivity contribution in [2.45, 2.75) is 44.8 Å². The Bertz CT molecular complexity index is 1700. The smallest absolute Gasteiger partial charge is 0.319 e. The Kier molecular flexibility index (Phi) is 7.32. The van der Waals surface area contributed by atoms with Crippen LogP contribution in [0.2, 0.25) is 0 Å². The number of aromatic hydroxyl groups is 1. The van der Waals surface area contributed by atoms with E-state index in [1.807, 2.05) is 11.9 Å². The van der Waals surface area contributed by atoms with Crippen molar-refractivity contribution in [2.75, 3.05) is 38.2 Å². The second kappa shape index (κ2) is 11.1. The summed E-state index contributed by atoms with van der Waals surface area (Å²) in [7, 11) is 2.04. The van der Waals surface area contributed by atoms with Gasteiger partial charge in [0.1, 0.15) is 40.9 Å². The molecule has 0 aliphatic carbocycles. The second-order valence-corrected chi connectivity index (χ2v) is 10.7. The summed E-state index contributed by atoms with van der Waals surface area (Å²) in [5, 5.41) is 21.7. The van der Waals surface area contributed by atoms with E-state index in [4.69, 9.17) is 9.72 Å². The molecule has 4 aromatic rings. The molecule has 2 fully saturated rings. The third kappa shape index (κ3) is 5.11. The van der Waals surface area contributed by atoms with E-state index in [-0.39, 0.29) is 45.7 Å². The zero-order valence-corrected chi connectivity index (χ0v) is 23.0. The summed E-state index contributed by atoms with van der Waals surface area (Å²) in [5.74, 6) is 4.64. The molecule has 2 aromatic carbocycles. The molecule has 2 saturated heterocycles. The minimum Gasteiger partial charge on any atom is -0.508 e. The van der Waals surface area contributed by atoms with E-state index in [0.717, 1.165) is 25.8 Å². The molecule has 0 spiro atoms. The largest absolute Gasteiger partial charge is 0.508 e. The molecule has 0 amide bonds. The van der Waals surface area contributed by atoms with Crippen molar-refractivity contribution in [2.24, 2.45) is 0 Å². The topological polar surface area (TPSA) is 94.8 Å². The maximum absolute atomic E-state index is 16.6. The van der Waals surface area contributed by atoms with Crippen LogP contribution in [0.5, 0.6) is 11.8 Å². The summed E-state index contributed by atoms with van der Waals surface area (Å²) in [6.45, 7) is 3.86. The summed E-state index contributed by atoms with van der Waals surface area (Å²) in [4.78, 5) is 17.9. The molecular formula is C31H31F2N5O3. The number of rotatable bonds is 5. The molecule has 0 radical (unpaired) electrons. The summed E-state index contributed by atoms with van der Waals surface area (Å²) in [6.07, 6.45) is 2.87. The fourth-order valence-corrected chi connectivity index (χ4v) is 5.88. The van der Waals surface area contributed by atoms with Crippen molar-refractivity contribution in [3.63, 3.8) is 0 Å². The van der Waals surface area contributed by atoms with E-state index in [1.54, 1.807) is 13.0 Å². The molecule has 0 bridgehead atoms. The first kappa shape index (κ1) is 27.1. The van der Waals surface area contributed by atoms with Crippen LogP contribution in [0.1, 0.15) is 38.3 Å². The fraction of sp³-hybridized carbons (Fsp3) is 0.387. The predicted molar refractivity (Wildman–Crippen MR) is 153 cm³/mol. The summed E-state index contributed by atoms with van der Waals surface area (Å²) in [6, 6.07) is 7.35. The number of anilines is 1. The Balaban J connectivity index is 1.60. The van der Waals surface area contributed by atoms with Gasteiger partial charge < -0.3 is 24.7 Å². The molecule has 2 aromatic heterocycles. The highest BCUT2D eigenvalue weighted by Gasteiger charge is 2.29. The van der Waals surface area contributed by atoms with Gasteiger partial charge in [0.15, 0.2) is 5.82 Å². The Morgan fingerprint density at radius 2 is 1.90 bits per heavy atom. The van der Waals surface area contributed by atoms with Gasteiger partial charge in [0, 0.05) is 30.1 Å². The number of hydrogen-bond acceptors (Lipinski definition) is 8. The minimum atomic E-state index is -0.805. The monoisotopic (exact) mass is 559 g/mol. The number of phenolic OH excluding ortho intramolecular Hbond substituents is 1. The number of fused-ring (bicyclic) bond motifs is 2. The van der Waals surface area contributed by atoms with E-state index < -0.39 is 17.7 Å². The van der Waals surface area contributed by atoms with Gasteiger partial charge >= 0.3 is 6.01 Å². The number of nitrogens with zero attached hydrogens (tertiary/aromatic N) is 5. The zero-order chi connectivity index (χ0) is 28.7. The third-order valence-electron chi connectivity index (χ3n) is 7.93. The number of aromatic nitrogens is 3. The van der Waals surface area contributed by atoms with E-state index >= 15 is 8.78 Å². The third-order valence-corrected chi connectivity index (χ3v) is 7.93. The van der Waals surface area contributed by atoms with Gasteiger partial charge in [-0.25, -0.2) is 13.8 Å². The first-order valence-electron chi connectivity index (χ1n) is 13.9. The number of aliphatic hydroxyl groups excluding tert-OH is 1. The Morgan fingerprint density at radius 3 is 2.66 bits per heavy atom. The van der Waals surface area contributed by atoms with Crippen LogP contribution in [0.3, 0.4) is 0 Å². The molecule has 10 heteroatoms. The SMILES string of the molecule is CC#Cc1nc(-c2cc(O)cc3cccc(F)c23)c(F)c2nc(OC[C@@H]3CCCN3C)nc(N3CCC[C@@H](O)C3)c12. The van der Waals surface area contributed by atoms with Crippen LogP contribution in [-0.4, -0.2) is 75.5 Å². The molecule has 8 nitrogen and oxygen atoms in total. The van der Waals surface area contributed by atoms with Gasteiger partial charge in [0.2, 0.25) is 0 Å². The zero-order valence-electron chi connectivity index (χ0n) is 23.0. The van der Waals surface area contributed by atoms with Crippen LogP contribution in [0.25, 0.3) is 32.9 Å². The molecule has 0 unspecified atom stereocenters. The molecule has 0 saturated carbocycles. The predicted octanol–water partition coefficient (Wildman–Crippen LogP) is 4.63. The van der Waals surface area contributed by atoms with Crippen molar-refractivity contribution in [1.29, 1.82) is 0 Å². The number of ether oxygens (including phenoxy) is 1. The van der Waals surface area contributed by atoms with Gasteiger partial charge in [0.05, 0.1) is 11.5 Å². The number of pyridine rings is 1. The quantitative estimate of drug-likeness (QED) is 0.342.